The fraction of sp³-hybridized carbons (Fsp3) is 0.429. The number of nitrogens with zero attached hydrogens (tertiary/aromatic N) is 1. The highest BCUT2D eigenvalue weighted by Gasteiger charge is 2.44. The number of nitrogens with one attached hydrogen (secondary N) is 2. The van der Waals surface area contributed by atoms with E-state index in [1.807, 2.05) is 13.8 Å². The number of hydrazine groups is 1. The van der Waals surface area contributed by atoms with Gasteiger partial charge in [0, 0.05) is 5.54 Å². The van der Waals surface area contributed by atoms with E-state index in [1.54, 1.807) is 0 Å². The first-order valence-electron chi connectivity index (χ1n) is 6.71. The van der Waals surface area contributed by atoms with Crippen LogP contribution in [0.3, 0.4) is 0 Å². The van der Waals surface area contributed by atoms with Gasteiger partial charge in [0.2, 0.25) is 0 Å². The van der Waals surface area contributed by atoms with Crippen molar-refractivity contribution < 1.29 is 14.0 Å². The lowest BCUT2D eigenvalue weighted by Gasteiger charge is -2.33. The quantitative estimate of drug-likeness (QED) is 0.740. The molecular formula is C14H19FN4O2. The number of nitrogens with two attached hydrogens (primary N) is 1. The van der Waals surface area contributed by atoms with E-state index < -0.39 is 17.6 Å². The first kappa shape index (κ1) is 15.1. The molecule has 2 rings (SSSR count). The van der Waals surface area contributed by atoms with Crippen molar-refractivity contribution >= 4 is 17.6 Å². The first-order valence-corrected chi connectivity index (χ1v) is 6.71. The molecule has 1 fully saturated rings. The van der Waals surface area contributed by atoms with Crippen LogP contribution in [0, 0.1) is 5.82 Å². The van der Waals surface area contributed by atoms with Crippen LogP contribution < -0.4 is 16.6 Å². The smallest absolute Gasteiger partial charge is 0.315 e. The van der Waals surface area contributed by atoms with Crippen molar-refractivity contribution in [2.45, 2.75) is 38.3 Å². The molecule has 0 aromatic heterocycles. The summed E-state index contributed by atoms with van der Waals surface area (Å²) in [7, 11) is 0. The minimum absolute atomic E-state index is 0.344. The summed E-state index contributed by atoms with van der Waals surface area (Å²) in [6, 6.07) is 4.34. The van der Waals surface area contributed by atoms with Gasteiger partial charge in [0.25, 0.3) is 5.91 Å². The lowest BCUT2D eigenvalue weighted by atomic mass is 10.0. The van der Waals surface area contributed by atoms with E-state index in [1.165, 1.54) is 29.2 Å². The van der Waals surface area contributed by atoms with Crippen LogP contribution in [0.25, 0.3) is 0 Å². The summed E-state index contributed by atoms with van der Waals surface area (Å²) >= 11 is 0. The molecule has 7 heteroatoms. The minimum atomic E-state index is -0.612. The van der Waals surface area contributed by atoms with Gasteiger partial charge in [-0.25, -0.2) is 9.18 Å². The molecule has 0 radical (unpaired) electrons. The van der Waals surface area contributed by atoms with Crippen LogP contribution in [0.15, 0.2) is 24.3 Å². The van der Waals surface area contributed by atoms with E-state index in [9.17, 15) is 14.0 Å². The largest absolute Gasteiger partial charge is 0.351 e. The monoisotopic (exact) mass is 294 g/mol. The molecule has 0 aliphatic carbocycles. The fourth-order valence-corrected chi connectivity index (χ4v) is 2.61. The fourth-order valence-electron chi connectivity index (χ4n) is 2.61. The standard InChI is InChI=1S/C14H19FN4O2/c1-14(2)8-7-11(19(14)13(16)21)12(20)18-17-10-5-3-9(15)4-6-10/h3-6,11,17H,7-8H2,1-2H3,(H2,16,21)(H,18,20). The number of urea groups is 1. The predicted molar refractivity (Wildman–Crippen MR) is 76.7 cm³/mol. The first-order chi connectivity index (χ1) is 9.81. The number of carbonyl (C=O) groups excluding carboxylic acids is 2. The van der Waals surface area contributed by atoms with Gasteiger partial charge < -0.3 is 10.6 Å². The molecule has 1 heterocycles. The normalized spacial score (nSPS) is 20.1. The molecule has 1 aromatic carbocycles. The Hall–Kier alpha value is -2.31. The Bertz CT molecular complexity index is 544. The summed E-state index contributed by atoms with van der Waals surface area (Å²) in [6.07, 6.45) is 1.25. The van der Waals surface area contributed by atoms with Crippen molar-refractivity contribution in [2.75, 3.05) is 5.43 Å². The SMILES string of the molecule is CC1(C)CCC(C(=O)NNc2ccc(F)cc2)N1C(N)=O. The van der Waals surface area contributed by atoms with Gasteiger partial charge >= 0.3 is 6.03 Å². The molecule has 114 valence electrons. The van der Waals surface area contributed by atoms with E-state index in [4.69, 9.17) is 5.73 Å². The molecule has 0 bridgehead atoms. The van der Waals surface area contributed by atoms with Gasteiger partial charge in [-0.15, -0.1) is 0 Å². The Morgan fingerprint density at radius 3 is 2.52 bits per heavy atom. The number of hydrogen-bond acceptors (Lipinski definition) is 3. The molecule has 1 saturated heterocycles. The molecular weight excluding hydrogens is 275 g/mol. The third-order valence-corrected chi connectivity index (χ3v) is 3.71. The lowest BCUT2D eigenvalue weighted by molar-refractivity contribution is -0.124. The molecule has 1 atom stereocenters. The Morgan fingerprint density at radius 2 is 1.95 bits per heavy atom. The molecule has 1 unspecified atom stereocenters. The van der Waals surface area contributed by atoms with Gasteiger partial charge in [0.1, 0.15) is 11.9 Å². The molecule has 1 aliphatic heterocycles. The molecule has 1 aliphatic rings. The van der Waals surface area contributed by atoms with Crippen molar-refractivity contribution in [3.8, 4) is 0 Å². The van der Waals surface area contributed by atoms with E-state index >= 15 is 0 Å². The second kappa shape index (κ2) is 5.59. The highest BCUT2D eigenvalue weighted by atomic mass is 19.1. The summed E-state index contributed by atoms with van der Waals surface area (Å²) in [5.74, 6) is -0.701. The van der Waals surface area contributed by atoms with E-state index in [2.05, 4.69) is 10.9 Å². The molecule has 4 N–H and O–H groups in total. The van der Waals surface area contributed by atoms with E-state index in [0.717, 1.165) is 0 Å². The molecule has 0 saturated carbocycles. The number of likely N-dealkylation sites (tertiary alicyclic amines) is 1. The lowest BCUT2D eigenvalue weighted by Crippen LogP contribution is -2.55. The Labute approximate surface area is 122 Å². The third kappa shape index (κ3) is 3.24. The van der Waals surface area contributed by atoms with Gasteiger partial charge in [-0.2, -0.15) is 0 Å². The summed E-state index contributed by atoms with van der Waals surface area (Å²) in [5, 5.41) is 0. The van der Waals surface area contributed by atoms with Gasteiger partial charge in [-0.05, 0) is 51.0 Å². The summed E-state index contributed by atoms with van der Waals surface area (Å²) in [5.41, 5.74) is 10.7. The van der Waals surface area contributed by atoms with Crippen LogP contribution in [-0.4, -0.2) is 28.4 Å². The predicted octanol–water partition coefficient (Wildman–Crippen LogP) is 1.59. The maximum absolute atomic E-state index is 12.8. The zero-order chi connectivity index (χ0) is 15.6. The number of rotatable bonds is 3. The van der Waals surface area contributed by atoms with Crippen LogP contribution in [-0.2, 0) is 4.79 Å². The maximum atomic E-state index is 12.8. The number of anilines is 1. The Kier molecular flexibility index (Phi) is 4.02. The van der Waals surface area contributed by atoms with Crippen LogP contribution >= 0.6 is 0 Å². The number of halogens is 1. The van der Waals surface area contributed by atoms with Gasteiger partial charge in [-0.3, -0.25) is 15.6 Å². The van der Waals surface area contributed by atoms with Crippen LogP contribution in [0.5, 0.6) is 0 Å². The van der Waals surface area contributed by atoms with Crippen molar-refractivity contribution in [3.05, 3.63) is 30.1 Å². The molecule has 1 aromatic rings. The van der Waals surface area contributed by atoms with Crippen LogP contribution in [0.1, 0.15) is 26.7 Å². The second-order valence-corrected chi connectivity index (χ2v) is 5.70. The van der Waals surface area contributed by atoms with Gasteiger partial charge in [0.15, 0.2) is 0 Å². The Balaban J connectivity index is 2.00. The van der Waals surface area contributed by atoms with E-state index in [-0.39, 0.29) is 11.7 Å². The highest BCUT2D eigenvalue weighted by molar-refractivity contribution is 5.88. The summed E-state index contributed by atoms with van der Waals surface area (Å²) in [6.45, 7) is 3.75. The number of benzene rings is 1. The molecule has 21 heavy (non-hydrogen) atoms. The molecule has 0 spiro atoms. The van der Waals surface area contributed by atoms with Crippen LogP contribution in [0.2, 0.25) is 0 Å². The number of carbonyl (C=O) groups is 2. The minimum Gasteiger partial charge on any atom is -0.351 e. The molecule has 3 amide bonds. The summed E-state index contributed by atoms with van der Waals surface area (Å²) in [4.78, 5) is 25.1. The van der Waals surface area contributed by atoms with E-state index in [0.29, 0.717) is 18.5 Å². The second-order valence-electron chi connectivity index (χ2n) is 5.70. The van der Waals surface area contributed by atoms with Crippen molar-refractivity contribution in [1.82, 2.24) is 10.3 Å². The number of amides is 3. The maximum Gasteiger partial charge on any atom is 0.315 e. The van der Waals surface area contributed by atoms with Crippen molar-refractivity contribution in [3.63, 3.8) is 0 Å². The average molecular weight is 294 g/mol. The number of primary amides is 1. The topological polar surface area (TPSA) is 87.5 Å². The van der Waals surface area contributed by atoms with Gasteiger partial charge in [0.05, 0.1) is 5.69 Å². The molecule has 6 nitrogen and oxygen atoms in total. The van der Waals surface area contributed by atoms with Crippen molar-refractivity contribution in [2.24, 2.45) is 5.73 Å². The third-order valence-electron chi connectivity index (χ3n) is 3.71. The number of hydrogen-bond donors (Lipinski definition) is 3. The summed E-state index contributed by atoms with van der Waals surface area (Å²) < 4.78 is 12.8. The Morgan fingerprint density at radius 1 is 1.33 bits per heavy atom. The van der Waals surface area contributed by atoms with Crippen LogP contribution in [0.4, 0.5) is 14.9 Å². The highest BCUT2D eigenvalue weighted by Crippen LogP contribution is 2.33. The zero-order valence-electron chi connectivity index (χ0n) is 12.0. The zero-order valence-corrected chi connectivity index (χ0v) is 12.0. The average Bonchev–Trinajstić information content (AvgIpc) is 2.73. The van der Waals surface area contributed by atoms with Gasteiger partial charge in [-0.1, -0.05) is 0 Å². The van der Waals surface area contributed by atoms with Crippen molar-refractivity contribution in [1.29, 1.82) is 0 Å².